The number of aryl methyl sites for hydroxylation is 3. The highest BCUT2D eigenvalue weighted by Crippen LogP contribution is 2.32. The third-order valence-electron chi connectivity index (χ3n) is 4.54. The molecule has 0 radical (unpaired) electrons. The number of likely N-dealkylation sites (N-methyl/N-ethyl adjacent to an activating group) is 1. The molecular weight excluding hydrogens is 232 g/mol. The molecule has 2 aromatic rings. The van der Waals surface area contributed by atoms with Crippen LogP contribution in [0.25, 0.3) is 10.9 Å². The Balaban J connectivity index is 2.14. The molecule has 1 aromatic heterocycles. The van der Waals surface area contributed by atoms with Crippen molar-refractivity contribution in [3.8, 4) is 0 Å². The van der Waals surface area contributed by atoms with E-state index in [-0.39, 0.29) is 0 Å². The van der Waals surface area contributed by atoms with Crippen molar-refractivity contribution in [2.24, 2.45) is 0 Å². The Hall–Kier alpha value is -1.28. The van der Waals surface area contributed by atoms with E-state index in [2.05, 4.69) is 41.9 Å². The second-order valence-corrected chi connectivity index (χ2v) is 5.82. The molecular formula is C17H24N2. The van der Waals surface area contributed by atoms with Crippen molar-refractivity contribution in [2.75, 3.05) is 13.6 Å². The lowest BCUT2D eigenvalue weighted by Crippen LogP contribution is -2.17. The van der Waals surface area contributed by atoms with E-state index in [9.17, 15) is 0 Å². The Kier molecular flexibility index (Phi) is 3.36. The molecule has 0 amide bonds. The first kappa shape index (κ1) is 12.7. The topological polar surface area (TPSA) is 17.0 Å². The van der Waals surface area contributed by atoms with Gasteiger partial charge in [0.15, 0.2) is 0 Å². The lowest BCUT2D eigenvalue weighted by atomic mass is 9.91. The first-order valence-electron chi connectivity index (χ1n) is 7.51. The van der Waals surface area contributed by atoms with E-state index < -0.39 is 0 Å². The zero-order valence-electron chi connectivity index (χ0n) is 12.3. The molecule has 3 rings (SSSR count). The highest BCUT2D eigenvalue weighted by Gasteiger charge is 2.18. The normalized spacial score (nSPS) is 15.9. The van der Waals surface area contributed by atoms with Crippen LogP contribution in [0.3, 0.4) is 0 Å². The van der Waals surface area contributed by atoms with Crippen molar-refractivity contribution >= 4 is 10.9 Å². The van der Waals surface area contributed by atoms with Crippen LogP contribution in [0, 0.1) is 6.92 Å². The van der Waals surface area contributed by atoms with Gasteiger partial charge in [-0.2, -0.15) is 0 Å². The van der Waals surface area contributed by atoms with Gasteiger partial charge in [0.25, 0.3) is 0 Å². The molecule has 0 fully saturated rings. The molecule has 0 spiro atoms. The number of benzene rings is 1. The highest BCUT2D eigenvalue weighted by atomic mass is 15.0. The van der Waals surface area contributed by atoms with Crippen molar-refractivity contribution in [3.05, 3.63) is 35.0 Å². The van der Waals surface area contributed by atoms with Crippen LogP contribution in [0.4, 0.5) is 0 Å². The Morgan fingerprint density at radius 3 is 2.89 bits per heavy atom. The summed E-state index contributed by atoms with van der Waals surface area (Å²) < 4.78 is 2.50. The van der Waals surface area contributed by atoms with Gasteiger partial charge in [-0.3, -0.25) is 0 Å². The molecule has 0 bridgehead atoms. The Morgan fingerprint density at radius 2 is 2.16 bits per heavy atom. The quantitative estimate of drug-likeness (QED) is 0.884. The summed E-state index contributed by atoms with van der Waals surface area (Å²) in [5.41, 5.74) is 5.97. The SMILES string of the molecule is CCC(CNC)c1cc2c3c(c1)cc(C)n3CCC2. The fourth-order valence-corrected chi connectivity index (χ4v) is 3.55. The van der Waals surface area contributed by atoms with E-state index in [4.69, 9.17) is 0 Å². The van der Waals surface area contributed by atoms with E-state index in [0.717, 1.165) is 6.54 Å². The minimum atomic E-state index is 0.635. The van der Waals surface area contributed by atoms with Crippen LogP contribution in [0.2, 0.25) is 0 Å². The second-order valence-electron chi connectivity index (χ2n) is 5.82. The summed E-state index contributed by atoms with van der Waals surface area (Å²) in [6, 6.07) is 7.24. The van der Waals surface area contributed by atoms with Gasteiger partial charge in [0.05, 0.1) is 5.52 Å². The van der Waals surface area contributed by atoms with Gasteiger partial charge in [-0.05, 0) is 62.4 Å². The summed E-state index contributed by atoms with van der Waals surface area (Å²) in [6.45, 7) is 6.78. The van der Waals surface area contributed by atoms with Crippen LogP contribution < -0.4 is 5.32 Å². The van der Waals surface area contributed by atoms with E-state index >= 15 is 0 Å². The van der Waals surface area contributed by atoms with Crippen molar-refractivity contribution in [2.45, 2.75) is 45.6 Å². The summed E-state index contributed by atoms with van der Waals surface area (Å²) in [7, 11) is 2.05. The molecule has 2 nitrogen and oxygen atoms in total. The zero-order chi connectivity index (χ0) is 13.4. The Labute approximate surface area is 115 Å². The van der Waals surface area contributed by atoms with Crippen molar-refractivity contribution in [1.82, 2.24) is 9.88 Å². The molecule has 1 unspecified atom stereocenters. The molecule has 0 saturated heterocycles. The van der Waals surface area contributed by atoms with Gasteiger partial charge in [0.2, 0.25) is 0 Å². The molecule has 1 N–H and O–H groups in total. The van der Waals surface area contributed by atoms with Crippen LogP contribution >= 0.6 is 0 Å². The zero-order valence-corrected chi connectivity index (χ0v) is 12.3. The van der Waals surface area contributed by atoms with Gasteiger partial charge in [0, 0.05) is 24.2 Å². The summed E-state index contributed by atoms with van der Waals surface area (Å²) >= 11 is 0. The summed E-state index contributed by atoms with van der Waals surface area (Å²) in [5, 5.41) is 4.77. The lowest BCUT2D eigenvalue weighted by Gasteiger charge is -2.21. The minimum absolute atomic E-state index is 0.635. The van der Waals surface area contributed by atoms with Crippen LogP contribution in [0.15, 0.2) is 18.2 Å². The average molecular weight is 256 g/mol. The molecule has 2 heteroatoms. The average Bonchev–Trinajstić information content (AvgIpc) is 2.74. The number of hydrogen-bond donors (Lipinski definition) is 1. The van der Waals surface area contributed by atoms with E-state index in [1.807, 2.05) is 7.05 Å². The predicted molar refractivity (Wildman–Crippen MR) is 82.0 cm³/mol. The van der Waals surface area contributed by atoms with Crippen LogP contribution in [-0.4, -0.2) is 18.2 Å². The Bertz CT molecular complexity index is 595. The second kappa shape index (κ2) is 5.01. The predicted octanol–water partition coefficient (Wildman–Crippen LogP) is 3.61. The van der Waals surface area contributed by atoms with E-state index in [1.165, 1.54) is 48.0 Å². The largest absolute Gasteiger partial charge is 0.345 e. The van der Waals surface area contributed by atoms with Gasteiger partial charge in [-0.15, -0.1) is 0 Å². The summed E-state index contributed by atoms with van der Waals surface area (Å²) in [4.78, 5) is 0. The molecule has 102 valence electrons. The fraction of sp³-hybridized carbons (Fsp3) is 0.529. The monoisotopic (exact) mass is 256 g/mol. The summed E-state index contributed by atoms with van der Waals surface area (Å²) in [6.07, 6.45) is 3.72. The van der Waals surface area contributed by atoms with E-state index in [0.29, 0.717) is 5.92 Å². The third kappa shape index (κ3) is 2.08. The van der Waals surface area contributed by atoms with Crippen LogP contribution in [0.5, 0.6) is 0 Å². The maximum atomic E-state index is 3.33. The van der Waals surface area contributed by atoms with Gasteiger partial charge < -0.3 is 9.88 Å². The van der Waals surface area contributed by atoms with Crippen LogP contribution in [-0.2, 0) is 13.0 Å². The lowest BCUT2D eigenvalue weighted by molar-refractivity contribution is 0.605. The standard InChI is InChI=1S/C17H24N2/c1-4-13(11-18-3)15-9-14-6-5-7-19-12(2)8-16(10-15)17(14)19/h8-10,13,18H,4-7,11H2,1-3H3. The molecule has 0 aliphatic carbocycles. The number of rotatable bonds is 4. The maximum Gasteiger partial charge on any atom is 0.0515 e. The van der Waals surface area contributed by atoms with Gasteiger partial charge in [-0.25, -0.2) is 0 Å². The number of hydrogen-bond acceptors (Lipinski definition) is 1. The van der Waals surface area contributed by atoms with Crippen LogP contribution in [0.1, 0.15) is 42.5 Å². The first-order chi connectivity index (χ1) is 9.24. The molecule has 0 saturated carbocycles. The maximum absolute atomic E-state index is 3.33. The van der Waals surface area contributed by atoms with Crippen molar-refractivity contribution in [3.63, 3.8) is 0 Å². The number of aromatic nitrogens is 1. The molecule has 19 heavy (non-hydrogen) atoms. The molecule has 1 aliphatic heterocycles. The smallest absolute Gasteiger partial charge is 0.0515 e. The fourth-order valence-electron chi connectivity index (χ4n) is 3.55. The summed E-state index contributed by atoms with van der Waals surface area (Å²) in [5.74, 6) is 0.635. The number of nitrogens with zero attached hydrogens (tertiary/aromatic N) is 1. The van der Waals surface area contributed by atoms with Gasteiger partial charge >= 0.3 is 0 Å². The number of nitrogens with one attached hydrogen (secondary N) is 1. The van der Waals surface area contributed by atoms with Gasteiger partial charge in [-0.1, -0.05) is 13.0 Å². The van der Waals surface area contributed by atoms with Gasteiger partial charge in [0.1, 0.15) is 0 Å². The third-order valence-corrected chi connectivity index (χ3v) is 4.54. The van der Waals surface area contributed by atoms with Crippen molar-refractivity contribution < 1.29 is 0 Å². The first-order valence-corrected chi connectivity index (χ1v) is 7.51. The molecule has 2 heterocycles. The highest BCUT2D eigenvalue weighted by molar-refractivity contribution is 5.86. The molecule has 1 aromatic carbocycles. The minimum Gasteiger partial charge on any atom is -0.345 e. The van der Waals surface area contributed by atoms with E-state index in [1.54, 1.807) is 5.56 Å². The Morgan fingerprint density at radius 1 is 1.32 bits per heavy atom. The van der Waals surface area contributed by atoms with Crippen molar-refractivity contribution in [1.29, 1.82) is 0 Å². The molecule has 1 aliphatic rings. The molecule has 1 atom stereocenters.